The number of hydrogen-bond donors (Lipinski definition) is 1. The Balaban J connectivity index is 1.99. The SMILES string of the molecule is Cc1cc(C)cc(OCC(N)c2ccc(F)cc2)c1. The molecular formula is C16H18FNO. The summed E-state index contributed by atoms with van der Waals surface area (Å²) in [6.07, 6.45) is 0. The molecule has 0 saturated heterocycles. The molecule has 0 bridgehead atoms. The van der Waals surface area contributed by atoms with Gasteiger partial charge in [-0.1, -0.05) is 18.2 Å². The molecule has 0 amide bonds. The molecule has 0 aliphatic carbocycles. The minimum absolute atomic E-state index is 0.258. The van der Waals surface area contributed by atoms with Crippen molar-refractivity contribution in [2.45, 2.75) is 19.9 Å². The van der Waals surface area contributed by atoms with E-state index in [2.05, 4.69) is 6.07 Å². The summed E-state index contributed by atoms with van der Waals surface area (Å²) in [6.45, 7) is 4.42. The zero-order chi connectivity index (χ0) is 13.8. The highest BCUT2D eigenvalue weighted by Gasteiger charge is 2.07. The first-order chi connectivity index (χ1) is 9.04. The quantitative estimate of drug-likeness (QED) is 0.911. The summed E-state index contributed by atoms with van der Waals surface area (Å²) < 4.78 is 18.5. The molecule has 0 fully saturated rings. The second-order valence-electron chi connectivity index (χ2n) is 4.79. The van der Waals surface area contributed by atoms with E-state index in [1.807, 2.05) is 26.0 Å². The lowest BCUT2D eigenvalue weighted by Crippen LogP contribution is -2.19. The molecule has 0 aromatic heterocycles. The van der Waals surface area contributed by atoms with Gasteiger partial charge < -0.3 is 10.5 Å². The van der Waals surface area contributed by atoms with Crippen LogP contribution in [0.15, 0.2) is 42.5 Å². The van der Waals surface area contributed by atoms with Crippen LogP contribution in [0.4, 0.5) is 4.39 Å². The molecule has 2 rings (SSSR count). The fourth-order valence-corrected chi connectivity index (χ4v) is 2.01. The van der Waals surface area contributed by atoms with Gasteiger partial charge in [0.2, 0.25) is 0 Å². The predicted molar refractivity (Wildman–Crippen MR) is 74.7 cm³/mol. The zero-order valence-corrected chi connectivity index (χ0v) is 11.2. The summed E-state index contributed by atoms with van der Waals surface area (Å²) >= 11 is 0. The van der Waals surface area contributed by atoms with Gasteiger partial charge in [0, 0.05) is 0 Å². The van der Waals surface area contributed by atoms with Crippen LogP contribution in [-0.2, 0) is 0 Å². The maximum absolute atomic E-state index is 12.8. The Morgan fingerprint density at radius 2 is 1.63 bits per heavy atom. The first-order valence-corrected chi connectivity index (χ1v) is 6.27. The Morgan fingerprint density at radius 3 is 2.21 bits per heavy atom. The molecule has 2 aromatic carbocycles. The molecule has 0 radical (unpaired) electrons. The minimum atomic E-state index is -0.263. The van der Waals surface area contributed by atoms with Crippen molar-refractivity contribution in [2.24, 2.45) is 5.73 Å². The highest BCUT2D eigenvalue weighted by Crippen LogP contribution is 2.18. The molecule has 100 valence electrons. The van der Waals surface area contributed by atoms with E-state index in [0.717, 1.165) is 22.4 Å². The Hall–Kier alpha value is -1.87. The third kappa shape index (κ3) is 3.80. The van der Waals surface area contributed by atoms with Gasteiger partial charge in [-0.05, 0) is 54.8 Å². The topological polar surface area (TPSA) is 35.2 Å². The number of nitrogens with two attached hydrogens (primary N) is 1. The average molecular weight is 259 g/mol. The number of aryl methyl sites for hydroxylation is 2. The van der Waals surface area contributed by atoms with Crippen LogP contribution >= 0.6 is 0 Å². The monoisotopic (exact) mass is 259 g/mol. The molecular weight excluding hydrogens is 241 g/mol. The largest absolute Gasteiger partial charge is 0.492 e. The Bertz CT molecular complexity index is 531. The molecule has 1 atom stereocenters. The maximum atomic E-state index is 12.8. The molecule has 0 aliphatic rings. The Kier molecular flexibility index (Phi) is 4.17. The molecule has 1 unspecified atom stereocenters. The van der Waals surface area contributed by atoms with Crippen LogP contribution in [0.5, 0.6) is 5.75 Å². The van der Waals surface area contributed by atoms with E-state index in [1.165, 1.54) is 12.1 Å². The van der Waals surface area contributed by atoms with Crippen molar-refractivity contribution in [1.29, 1.82) is 0 Å². The van der Waals surface area contributed by atoms with Gasteiger partial charge >= 0.3 is 0 Å². The molecule has 2 aromatic rings. The number of rotatable bonds is 4. The van der Waals surface area contributed by atoms with E-state index < -0.39 is 0 Å². The third-order valence-electron chi connectivity index (χ3n) is 2.92. The normalized spacial score (nSPS) is 12.2. The van der Waals surface area contributed by atoms with Crippen molar-refractivity contribution in [3.8, 4) is 5.75 Å². The molecule has 0 aliphatic heterocycles. The lowest BCUT2D eigenvalue weighted by atomic mass is 10.1. The van der Waals surface area contributed by atoms with Gasteiger partial charge in [0.25, 0.3) is 0 Å². The highest BCUT2D eigenvalue weighted by molar-refractivity contribution is 5.33. The summed E-state index contributed by atoms with van der Waals surface area (Å²) in [6, 6.07) is 12.0. The molecule has 19 heavy (non-hydrogen) atoms. The first kappa shape index (κ1) is 13.6. The molecule has 2 N–H and O–H groups in total. The fourth-order valence-electron chi connectivity index (χ4n) is 2.01. The smallest absolute Gasteiger partial charge is 0.123 e. The van der Waals surface area contributed by atoms with Crippen molar-refractivity contribution < 1.29 is 9.13 Å². The number of benzene rings is 2. The summed E-state index contributed by atoms with van der Waals surface area (Å²) in [7, 11) is 0. The Labute approximate surface area is 113 Å². The molecule has 0 saturated carbocycles. The van der Waals surface area contributed by atoms with Gasteiger partial charge in [-0.3, -0.25) is 0 Å². The van der Waals surface area contributed by atoms with Gasteiger partial charge in [0.1, 0.15) is 18.2 Å². The molecule has 0 spiro atoms. The van der Waals surface area contributed by atoms with Crippen molar-refractivity contribution in [2.75, 3.05) is 6.61 Å². The van der Waals surface area contributed by atoms with Crippen LogP contribution in [-0.4, -0.2) is 6.61 Å². The fraction of sp³-hybridized carbons (Fsp3) is 0.250. The standard InChI is InChI=1S/C16H18FNO/c1-11-7-12(2)9-15(8-11)19-10-16(18)13-3-5-14(17)6-4-13/h3-9,16H,10,18H2,1-2H3. The summed E-state index contributed by atoms with van der Waals surface area (Å²) in [5.41, 5.74) is 9.20. The third-order valence-corrected chi connectivity index (χ3v) is 2.92. The number of hydrogen-bond acceptors (Lipinski definition) is 2. The predicted octanol–water partition coefficient (Wildman–Crippen LogP) is 3.52. The van der Waals surface area contributed by atoms with Crippen LogP contribution in [0.3, 0.4) is 0 Å². The van der Waals surface area contributed by atoms with Gasteiger partial charge in [0.05, 0.1) is 6.04 Å². The van der Waals surface area contributed by atoms with E-state index in [0.29, 0.717) is 6.61 Å². The summed E-state index contributed by atoms with van der Waals surface area (Å²) in [5.74, 6) is 0.557. The van der Waals surface area contributed by atoms with Crippen LogP contribution in [0.25, 0.3) is 0 Å². The van der Waals surface area contributed by atoms with Crippen LogP contribution in [0.1, 0.15) is 22.7 Å². The van der Waals surface area contributed by atoms with E-state index in [-0.39, 0.29) is 11.9 Å². The van der Waals surface area contributed by atoms with E-state index >= 15 is 0 Å². The van der Waals surface area contributed by atoms with Crippen molar-refractivity contribution in [3.63, 3.8) is 0 Å². The van der Waals surface area contributed by atoms with Crippen LogP contribution in [0, 0.1) is 19.7 Å². The van der Waals surface area contributed by atoms with Gasteiger partial charge in [-0.25, -0.2) is 4.39 Å². The molecule has 3 heteroatoms. The van der Waals surface area contributed by atoms with Crippen LogP contribution < -0.4 is 10.5 Å². The van der Waals surface area contributed by atoms with E-state index in [9.17, 15) is 4.39 Å². The molecule has 2 nitrogen and oxygen atoms in total. The average Bonchev–Trinajstić information content (AvgIpc) is 2.36. The van der Waals surface area contributed by atoms with Gasteiger partial charge in [-0.2, -0.15) is 0 Å². The van der Waals surface area contributed by atoms with Crippen molar-refractivity contribution in [1.82, 2.24) is 0 Å². The second kappa shape index (κ2) is 5.85. The lowest BCUT2D eigenvalue weighted by Gasteiger charge is -2.14. The van der Waals surface area contributed by atoms with E-state index in [4.69, 9.17) is 10.5 Å². The van der Waals surface area contributed by atoms with Crippen LogP contribution in [0.2, 0.25) is 0 Å². The minimum Gasteiger partial charge on any atom is -0.492 e. The lowest BCUT2D eigenvalue weighted by molar-refractivity contribution is 0.290. The first-order valence-electron chi connectivity index (χ1n) is 6.27. The summed E-state index contributed by atoms with van der Waals surface area (Å²) in [4.78, 5) is 0. The van der Waals surface area contributed by atoms with Gasteiger partial charge in [-0.15, -0.1) is 0 Å². The second-order valence-corrected chi connectivity index (χ2v) is 4.79. The van der Waals surface area contributed by atoms with Crippen molar-refractivity contribution in [3.05, 3.63) is 65.0 Å². The van der Waals surface area contributed by atoms with E-state index in [1.54, 1.807) is 12.1 Å². The highest BCUT2D eigenvalue weighted by atomic mass is 19.1. The Morgan fingerprint density at radius 1 is 1.05 bits per heavy atom. The van der Waals surface area contributed by atoms with Crippen molar-refractivity contribution >= 4 is 0 Å². The number of halogens is 1. The zero-order valence-electron chi connectivity index (χ0n) is 11.2. The maximum Gasteiger partial charge on any atom is 0.123 e. The summed E-state index contributed by atoms with van der Waals surface area (Å²) in [5, 5.41) is 0. The molecule has 0 heterocycles. The number of ether oxygens (including phenoxy) is 1. The van der Waals surface area contributed by atoms with Gasteiger partial charge in [0.15, 0.2) is 0 Å².